The van der Waals surface area contributed by atoms with E-state index in [1.165, 1.54) is 4.68 Å². The normalized spacial score (nSPS) is 15.8. The van der Waals surface area contributed by atoms with E-state index in [2.05, 4.69) is 27.5 Å². The van der Waals surface area contributed by atoms with Gasteiger partial charge in [-0.3, -0.25) is 9.59 Å². The van der Waals surface area contributed by atoms with E-state index in [9.17, 15) is 9.59 Å². The summed E-state index contributed by atoms with van der Waals surface area (Å²) in [4.78, 5) is 27.8. The van der Waals surface area contributed by atoms with E-state index in [1.54, 1.807) is 36.5 Å². The number of rotatable bonds is 4. The second-order valence-electron chi connectivity index (χ2n) is 7.16. The number of carbonyl (C=O) groups excluding carboxylic acids is 1. The summed E-state index contributed by atoms with van der Waals surface area (Å²) in [5.74, 6) is 0.313. The van der Waals surface area contributed by atoms with Gasteiger partial charge in [-0.25, -0.2) is 9.36 Å². The van der Waals surface area contributed by atoms with Gasteiger partial charge in [-0.15, -0.1) is 0 Å². The number of nitrogens with zero attached hydrogens (tertiary/aromatic N) is 5. The van der Waals surface area contributed by atoms with Gasteiger partial charge in [0.1, 0.15) is 5.82 Å². The molecule has 0 aliphatic carbocycles. The van der Waals surface area contributed by atoms with Crippen LogP contribution in [-0.4, -0.2) is 50.5 Å². The van der Waals surface area contributed by atoms with Crippen molar-refractivity contribution in [3.05, 3.63) is 52.6 Å². The number of anilines is 1. The van der Waals surface area contributed by atoms with Gasteiger partial charge < -0.3 is 10.2 Å². The van der Waals surface area contributed by atoms with Gasteiger partial charge in [-0.1, -0.05) is 18.2 Å². The average Bonchev–Trinajstić information content (AvgIpc) is 3.17. The van der Waals surface area contributed by atoms with Gasteiger partial charge >= 0.3 is 0 Å². The van der Waals surface area contributed by atoms with Gasteiger partial charge in [0.2, 0.25) is 0 Å². The Bertz CT molecular complexity index is 1060. The highest BCUT2D eigenvalue weighted by Gasteiger charge is 2.23. The molecule has 8 heteroatoms. The van der Waals surface area contributed by atoms with Crippen LogP contribution in [0.2, 0.25) is 0 Å². The highest BCUT2D eigenvalue weighted by molar-refractivity contribution is 6.10. The summed E-state index contributed by atoms with van der Waals surface area (Å²) < 4.78 is 3.22. The summed E-state index contributed by atoms with van der Waals surface area (Å²) in [6.07, 6.45) is 3.68. The van der Waals surface area contributed by atoms with Crippen LogP contribution in [0.1, 0.15) is 36.3 Å². The van der Waals surface area contributed by atoms with Gasteiger partial charge in [0.25, 0.3) is 11.5 Å². The van der Waals surface area contributed by atoms with Crippen LogP contribution in [0.3, 0.4) is 0 Å². The van der Waals surface area contributed by atoms with Crippen molar-refractivity contribution in [1.29, 1.82) is 0 Å². The number of aromatic nitrogens is 4. The molecular formula is C20H24N6O2. The van der Waals surface area contributed by atoms with Crippen molar-refractivity contribution >= 4 is 22.5 Å². The van der Waals surface area contributed by atoms with Crippen molar-refractivity contribution in [1.82, 2.24) is 24.5 Å². The predicted molar refractivity (Wildman–Crippen MR) is 108 cm³/mol. The average molecular weight is 380 g/mol. The summed E-state index contributed by atoms with van der Waals surface area (Å²) in [5.41, 5.74) is 0.0548. The summed E-state index contributed by atoms with van der Waals surface area (Å²) in [7, 11) is 2.11. The molecule has 3 heterocycles. The molecule has 1 aliphatic rings. The quantitative estimate of drug-likeness (QED) is 0.749. The van der Waals surface area contributed by atoms with Crippen molar-refractivity contribution in [2.45, 2.75) is 32.4 Å². The predicted octanol–water partition coefficient (Wildman–Crippen LogP) is 2.13. The number of hydrogen-bond donors (Lipinski definition) is 1. The lowest BCUT2D eigenvalue weighted by atomic mass is 10.1. The van der Waals surface area contributed by atoms with E-state index >= 15 is 0 Å². The maximum absolute atomic E-state index is 13.1. The minimum Gasteiger partial charge on any atom is -0.306 e. The van der Waals surface area contributed by atoms with Crippen LogP contribution in [-0.2, 0) is 6.54 Å². The van der Waals surface area contributed by atoms with Gasteiger partial charge in [-0.2, -0.15) is 10.2 Å². The smallest absolute Gasteiger partial charge is 0.277 e. The maximum Gasteiger partial charge on any atom is 0.277 e. The second kappa shape index (κ2) is 7.55. The standard InChI is InChI=1S/C20H24N6O2/c1-3-25-20(28)16-7-5-4-6-15(16)18(23-25)19(27)22-17-8-11-21-26(17)14-9-12-24(2)13-10-14/h4-8,11,14H,3,9-10,12-13H2,1-2H3,(H,22,27). The third-order valence-corrected chi connectivity index (χ3v) is 5.33. The third-order valence-electron chi connectivity index (χ3n) is 5.33. The summed E-state index contributed by atoms with van der Waals surface area (Å²) >= 11 is 0. The molecule has 1 fully saturated rings. The molecular weight excluding hydrogens is 356 g/mol. The number of fused-ring (bicyclic) bond motifs is 1. The molecule has 28 heavy (non-hydrogen) atoms. The Kier molecular flexibility index (Phi) is 4.95. The van der Waals surface area contributed by atoms with Crippen LogP contribution in [0.4, 0.5) is 5.82 Å². The summed E-state index contributed by atoms with van der Waals surface area (Å²) in [6, 6.07) is 9.14. The Hall–Kier alpha value is -3.00. The molecule has 1 saturated heterocycles. The first-order valence-electron chi connectivity index (χ1n) is 9.61. The third kappa shape index (κ3) is 3.31. The zero-order chi connectivity index (χ0) is 19.7. The molecule has 0 atom stereocenters. The first-order chi connectivity index (χ1) is 13.6. The van der Waals surface area contributed by atoms with E-state index in [0.29, 0.717) is 23.1 Å². The molecule has 0 unspecified atom stereocenters. The molecule has 0 bridgehead atoms. The molecule has 146 valence electrons. The second-order valence-corrected chi connectivity index (χ2v) is 7.16. The molecule has 4 rings (SSSR count). The van der Waals surface area contributed by atoms with Crippen LogP contribution >= 0.6 is 0 Å². The van der Waals surface area contributed by atoms with Crippen LogP contribution < -0.4 is 10.9 Å². The topological polar surface area (TPSA) is 85.1 Å². The minimum atomic E-state index is -0.340. The highest BCUT2D eigenvalue weighted by Crippen LogP contribution is 2.25. The van der Waals surface area contributed by atoms with Crippen molar-refractivity contribution in [2.75, 3.05) is 25.5 Å². The fraction of sp³-hybridized carbons (Fsp3) is 0.400. The van der Waals surface area contributed by atoms with Crippen LogP contribution in [0.15, 0.2) is 41.3 Å². The van der Waals surface area contributed by atoms with Crippen LogP contribution in [0.5, 0.6) is 0 Å². The Morgan fingerprint density at radius 2 is 1.89 bits per heavy atom. The molecule has 3 aromatic rings. The minimum absolute atomic E-state index is 0.189. The molecule has 1 N–H and O–H groups in total. The van der Waals surface area contributed by atoms with E-state index in [1.807, 2.05) is 11.6 Å². The zero-order valence-electron chi connectivity index (χ0n) is 16.1. The van der Waals surface area contributed by atoms with E-state index in [4.69, 9.17) is 0 Å². The molecule has 8 nitrogen and oxygen atoms in total. The molecule has 1 aromatic carbocycles. The fourth-order valence-electron chi connectivity index (χ4n) is 3.74. The molecule has 1 aliphatic heterocycles. The van der Waals surface area contributed by atoms with Crippen LogP contribution in [0, 0.1) is 0 Å². The fourth-order valence-corrected chi connectivity index (χ4v) is 3.74. The number of hydrogen-bond acceptors (Lipinski definition) is 5. The SMILES string of the molecule is CCn1nc(C(=O)Nc2ccnn2C2CCN(C)CC2)c2ccccc2c1=O. The maximum atomic E-state index is 13.1. The monoisotopic (exact) mass is 380 g/mol. The Morgan fingerprint density at radius 3 is 2.61 bits per heavy atom. The number of aryl methyl sites for hydroxylation is 1. The number of likely N-dealkylation sites (tertiary alicyclic amines) is 1. The summed E-state index contributed by atoms with van der Waals surface area (Å²) in [6.45, 7) is 4.24. The lowest BCUT2D eigenvalue weighted by Crippen LogP contribution is -2.32. The Morgan fingerprint density at radius 1 is 1.18 bits per heavy atom. The van der Waals surface area contributed by atoms with Gasteiger partial charge in [0, 0.05) is 18.0 Å². The number of carbonyl (C=O) groups is 1. The molecule has 2 aromatic heterocycles. The molecule has 1 amide bonds. The van der Waals surface area contributed by atoms with E-state index in [-0.39, 0.29) is 23.2 Å². The van der Waals surface area contributed by atoms with Crippen molar-refractivity contribution in [2.24, 2.45) is 0 Å². The van der Waals surface area contributed by atoms with Crippen LogP contribution in [0.25, 0.3) is 10.8 Å². The number of nitrogens with one attached hydrogen (secondary N) is 1. The van der Waals surface area contributed by atoms with Gasteiger partial charge in [0.15, 0.2) is 5.69 Å². The number of piperidine rings is 1. The molecule has 0 saturated carbocycles. The highest BCUT2D eigenvalue weighted by atomic mass is 16.2. The van der Waals surface area contributed by atoms with Gasteiger partial charge in [-0.05, 0) is 46.0 Å². The van der Waals surface area contributed by atoms with Gasteiger partial charge in [0.05, 0.1) is 17.6 Å². The van der Waals surface area contributed by atoms with Crippen molar-refractivity contribution < 1.29 is 4.79 Å². The number of amides is 1. The first kappa shape index (κ1) is 18.4. The van der Waals surface area contributed by atoms with E-state index in [0.717, 1.165) is 25.9 Å². The largest absolute Gasteiger partial charge is 0.306 e. The number of benzene rings is 1. The summed E-state index contributed by atoms with van der Waals surface area (Å²) in [5, 5.41) is 12.7. The lowest BCUT2D eigenvalue weighted by molar-refractivity contribution is 0.102. The first-order valence-corrected chi connectivity index (χ1v) is 9.61. The lowest BCUT2D eigenvalue weighted by Gasteiger charge is -2.30. The molecule has 0 spiro atoms. The molecule has 0 radical (unpaired) electrons. The van der Waals surface area contributed by atoms with Crippen molar-refractivity contribution in [3.8, 4) is 0 Å². The van der Waals surface area contributed by atoms with E-state index < -0.39 is 0 Å². The van der Waals surface area contributed by atoms with Crippen molar-refractivity contribution in [3.63, 3.8) is 0 Å². The Balaban J connectivity index is 1.66. The zero-order valence-corrected chi connectivity index (χ0v) is 16.1. The Labute approximate surface area is 162 Å².